The van der Waals surface area contributed by atoms with Crippen molar-refractivity contribution < 1.29 is 38.4 Å². The molecule has 7 N–H and O–H groups in total. The standard InChI is InChI=1S/C56H73N9O8/c1-33(57-9)48(67)62-46(55(3,4)5)53(72)64-30-40(28-42(64)32-66)59-50(69)38-24-20-35(21-25-38)18-19-36-22-26-39(27-23-36)51(70)60-41-29-45(52(71)61-44-17-13-15-37-14-11-12-16-43(37)44)65(31-41)54(73)47(56(6,7)8)63-49(68)34(2)58-10/h11-12,14,16,20-27,32-34,40-42,44-47,57-58H,13,15,17,28-31H2,1-10H3,(H,59,69)(H,60,70)(H,61,71)(H,62,67)(H,63,68)/t33-,34?,40?,41-,42?,44+,45-,46?,47+/m0/s1. The number of nitrogens with one attached hydrogen (secondary N) is 7. The maximum Gasteiger partial charge on any atom is 0.251 e. The van der Waals surface area contributed by atoms with E-state index in [0.29, 0.717) is 28.5 Å². The number of fused-ring (bicyclic) bond motifs is 1. The first-order valence-electron chi connectivity index (χ1n) is 25.3. The summed E-state index contributed by atoms with van der Waals surface area (Å²) in [6.45, 7) is 14.7. The van der Waals surface area contributed by atoms with Gasteiger partial charge in [-0.15, -0.1) is 0 Å². The fourth-order valence-electron chi connectivity index (χ4n) is 9.47. The van der Waals surface area contributed by atoms with E-state index in [2.05, 4.69) is 55.1 Å². The van der Waals surface area contributed by atoms with Gasteiger partial charge in [-0.05, 0) is 131 Å². The summed E-state index contributed by atoms with van der Waals surface area (Å²) < 4.78 is 0. The van der Waals surface area contributed by atoms with E-state index >= 15 is 0 Å². The van der Waals surface area contributed by atoms with Crippen molar-refractivity contribution in [3.8, 4) is 11.8 Å². The number of rotatable bonds is 15. The number of aryl methyl sites for hydroxylation is 1. The van der Waals surface area contributed by atoms with E-state index in [4.69, 9.17) is 0 Å². The smallest absolute Gasteiger partial charge is 0.251 e. The van der Waals surface area contributed by atoms with Crippen molar-refractivity contribution in [2.24, 2.45) is 10.8 Å². The van der Waals surface area contributed by atoms with Gasteiger partial charge in [0.15, 0.2) is 0 Å². The quantitative estimate of drug-likeness (QED) is 0.0870. The van der Waals surface area contributed by atoms with Crippen molar-refractivity contribution in [3.05, 3.63) is 106 Å². The Morgan fingerprint density at radius 1 is 0.630 bits per heavy atom. The zero-order chi connectivity index (χ0) is 53.4. The van der Waals surface area contributed by atoms with Gasteiger partial charge in [0.2, 0.25) is 29.5 Å². The van der Waals surface area contributed by atoms with Crippen LogP contribution >= 0.6 is 0 Å². The summed E-state index contributed by atoms with van der Waals surface area (Å²) in [5.74, 6) is 3.63. The number of likely N-dealkylation sites (N-methyl/N-ethyl adjacent to an activating group) is 2. The number of likely N-dealkylation sites (tertiary alicyclic amines) is 2. The van der Waals surface area contributed by atoms with Gasteiger partial charge in [-0.1, -0.05) is 77.6 Å². The highest BCUT2D eigenvalue weighted by molar-refractivity contribution is 5.97. The van der Waals surface area contributed by atoms with Crippen LogP contribution in [-0.2, 0) is 35.2 Å². The Bertz CT molecular complexity index is 2590. The van der Waals surface area contributed by atoms with Crippen molar-refractivity contribution >= 4 is 47.6 Å². The minimum Gasteiger partial charge on any atom is -0.347 e. The minimum absolute atomic E-state index is 0.0654. The van der Waals surface area contributed by atoms with Gasteiger partial charge in [-0.3, -0.25) is 33.6 Å². The molecule has 0 bridgehead atoms. The van der Waals surface area contributed by atoms with E-state index in [1.807, 2.05) is 59.7 Å². The van der Waals surface area contributed by atoms with E-state index in [1.165, 1.54) is 15.4 Å². The fourth-order valence-corrected chi connectivity index (χ4v) is 9.47. The second kappa shape index (κ2) is 23.8. The first-order chi connectivity index (χ1) is 34.5. The molecule has 73 heavy (non-hydrogen) atoms. The average molecular weight is 1000 g/mol. The van der Waals surface area contributed by atoms with Gasteiger partial charge in [-0.2, -0.15) is 0 Å². The Kier molecular flexibility index (Phi) is 18.0. The molecule has 2 saturated heterocycles. The Morgan fingerprint density at radius 3 is 1.58 bits per heavy atom. The van der Waals surface area contributed by atoms with Crippen LogP contribution < -0.4 is 37.2 Å². The van der Waals surface area contributed by atoms with Crippen LogP contribution in [0.25, 0.3) is 0 Å². The zero-order valence-corrected chi connectivity index (χ0v) is 43.8. The van der Waals surface area contributed by atoms with Crippen molar-refractivity contribution in [2.75, 3.05) is 27.2 Å². The Hall–Kier alpha value is -6.90. The van der Waals surface area contributed by atoms with E-state index in [9.17, 15) is 38.4 Å². The predicted octanol–water partition coefficient (Wildman–Crippen LogP) is 3.16. The SMILES string of the molecule is CNC(C)C(=O)N[C@H](C(=O)N1C[C@@H](NC(=O)c2ccc(C#Cc3ccc(C(=O)NC4CC(C=O)N(C(=O)C(NC(=O)[C@H](C)NC)C(C)(C)C)C4)cc3)cc2)C[C@H]1C(=O)N[C@@H]1CCCc2ccccc21)C(C)(C)C. The van der Waals surface area contributed by atoms with Gasteiger partial charge >= 0.3 is 0 Å². The van der Waals surface area contributed by atoms with Crippen molar-refractivity contribution in [1.82, 2.24) is 47.0 Å². The van der Waals surface area contributed by atoms with Gasteiger partial charge in [-0.25, -0.2) is 0 Å². The summed E-state index contributed by atoms with van der Waals surface area (Å²) in [6.07, 6.45) is 3.70. The lowest BCUT2D eigenvalue weighted by Gasteiger charge is -2.36. The Balaban J connectivity index is 1.08. The van der Waals surface area contributed by atoms with Crippen LogP contribution in [0, 0.1) is 22.7 Å². The third-order valence-electron chi connectivity index (χ3n) is 14.1. The summed E-state index contributed by atoms with van der Waals surface area (Å²) in [5.41, 5.74) is 2.89. The second-order valence-electron chi connectivity index (χ2n) is 21.7. The van der Waals surface area contributed by atoms with E-state index in [-0.39, 0.29) is 61.5 Å². The lowest BCUT2D eigenvalue weighted by atomic mass is 9.85. The number of hydrogen-bond donors (Lipinski definition) is 7. The summed E-state index contributed by atoms with van der Waals surface area (Å²) >= 11 is 0. The van der Waals surface area contributed by atoms with Gasteiger partial charge in [0, 0.05) is 47.4 Å². The number of aldehydes is 1. The molecule has 3 aromatic carbocycles. The maximum absolute atomic E-state index is 14.5. The molecule has 17 heteroatoms. The lowest BCUT2D eigenvalue weighted by Crippen LogP contribution is -2.59. The third kappa shape index (κ3) is 13.8. The van der Waals surface area contributed by atoms with E-state index in [1.54, 1.807) is 76.5 Å². The molecule has 2 aliphatic heterocycles. The highest BCUT2D eigenvalue weighted by atomic mass is 16.2. The molecule has 0 spiro atoms. The second-order valence-corrected chi connectivity index (χ2v) is 21.7. The summed E-state index contributed by atoms with van der Waals surface area (Å²) in [6, 6.07) is 15.6. The maximum atomic E-state index is 14.5. The van der Waals surface area contributed by atoms with Gasteiger partial charge in [0.1, 0.15) is 24.4 Å². The molecular formula is C56H73N9O8. The van der Waals surface area contributed by atoms with Gasteiger partial charge in [0.05, 0.1) is 24.2 Å². The number of nitrogens with zero attached hydrogens (tertiary/aromatic N) is 2. The average Bonchev–Trinajstić information content (AvgIpc) is 3.99. The summed E-state index contributed by atoms with van der Waals surface area (Å²) in [4.78, 5) is 111. The molecule has 0 saturated carbocycles. The van der Waals surface area contributed by atoms with Crippen LogP contribution in [0.3, 0.4) is 0 Å². The molecule has 6 rings (SSSR count). The molecule has 3 aliphatic rings. The van der Waals surface area contributed by atoms with Crippen molar-refractivity contribution in [3.63, 3.8) is 0 Å². The van der Waals surface area contributed by atoms with Crippen LogP contribution in [-0.4, -0.2) is 133 Å². The van der Waals surface area contributed by atoms with Crippen molar-refractivity contribution in [2.45, 2.75) is 142 Å². The molecule has 9 atom stereocenters. The lowest BCUT2D eigenvalue weighted by molar-refractivity contribution is -0.144. The molecule has 7 amide bonds. The first kappa shape index (κ1) is 55.4. The fraction of sp³-hybridized carbons (Fsp3) is 0.500. The van der Waals surface area contributed by atoms with E-state index < -0.39 is 71.0 Å². The van der Waals surface area contributed by atoms with Crippen LogP contribution in [0.2, 0.25) is 0 Å². The van der Waals surface area contributed by atoms with Crippen molar-refractivity contribution in [1.29, 1.82) is 0 Å². The first-order valence-corrected chi connectivity index (χ1v) is 25.3. The number of amides is 7. The molecule has 17 nitrogen and oxygen atoms in total. The van der Waals surface area contributed by atoms with Crippen LogP contribution in [0.5, 0.6) is 0 Å². The minimum atomic E-state index is -0.947. The third-order valence-corrected chi connectivity index (χ3v) is 14.1. The predicted molar refractivity (Wildman–Crippen MR) is 278 cm³/mol. The number of benzene rings is 3. The molecule has 2 fully saturated rings. The van der Waals surface area contributed by atoms with Crippen LogP contribution in [0.15, 0.2) is 72.8 Å². The highest BCUT2D eigenvalue weighted by Gasteiger charge is 2.47. The summed E-state index contributed by atoms with van der Waals surface area (Å²) in [7, 11) is 3.31. The molecule has 0 aromatic heterocycles. The normalized spacial score (nSPS) is 21.2. The number of carbonyl (C=O) groups excluding carboxylic acids is 8. The topological polar surface area (TPSA) is 227 Å². The Labute approximate surface area is 429 Å². The molecule has 1 aliphatic carbocycles. The number of hydrogen-bond acceptors (Lipinski definition) is 10. The van der Waals surface area contributed by atoms with Crippen LogP contribution in [0.1, 0.15) is 130 Å². The molecular weight excluding hydrogens is 927 g/mol. The monoisotopic (exact) mass is 1000 g/mol. The number of carbonyl (C=O) groups is 8. The molecule has 2 heterocycles. The largest absolute Gasteiger partial charge is 0.347 e. The summed E-state index contributed by atoms with van der Waals surface area (Å²) in [5, 5.41) is 20.7. The van der Waals surface area contributed by atoms with E-state index in [0.717, 1.165) is 24.8 Å². The van der Waals surface area contributed by atoms with Gasteiger partial charge in [0.25, 0.3) is 11.8 Å². The van der Waals surface area contributed by atoms with Crippen LogP contribution in [0.4, 0.5) is 0 Å². The highest BCUT2D eigenvalue weighted by Crippen LogP contribution is 2.32. The molecule has 0 radical (unpaired) electrons. The van der Waals surface area contributed by atoms with Gasteiger partial charge < -0.3 is 51.8 Å². The molecule has 390 valence electrons. The Morgan fingerprint density at radius 2 is 1.10 bits per heavy atom. The molecule has 3 aromatic rings. The molecule has 4 unspecified atom stereocenters. The zero-order valence-electron chi connectivity index (χ0n) is 43.8.